The molecule has 0 saturated carbocycles. The van der Waals surface area contributed by atoms with Crippen LogP contribution in [0.1, 0.15) is 10.4 Å². The highest BCUT2D eigenvalue weighted by molar-refractivity contribution is 5.92. The fourth-order valence-corrected chi connectivity index (χ4v) is 1.68. The fraction of sp³-hybridized carbons (Fsp3) is 0.0714. The summed E-state index contributed by atoms with van der Waals surface area (Å²) in [5, 5.41) is 13.6. The van der Waals surface area contributed by atoms with E-state index in [1.54, 1.807) is 37.4 Å². The third kappa shape index (κ3) is 2.92. The Kier molecular flexibility index (Phi) is 3.95. The van der Waals surface area contributed by atoms with Gasteiger partial charge in [0.25, 0.3) is 5.69 Å². The molecule has 0 aromatic heterocycles. The van der Waals surface area contributed by atoms with Crippen LogP contribution in [-0.4, -0.2) is 17.9 Å². The minimum absolute atomic E-state index is 0.125. The zero-order valence-corrected chi connectivity index (χ0v) is 10.7. The summed E-state index contributed by atoms with van der Waals surface area (Å²) < 4.78 is 5.13. The Bertz CT molecular complexity index is 641. The van der Waals surface area contributed by atoms with Gasteiger partial charge in [-0.05, 0) is 24.3 Å². The lowest BCUT2D eigenvalue weighted by molar-refractivity contribution is -0.384. The molecule has 0 heterocycles. The summed E-state index contributed by atoms with van der Waals surface area (Å²) in [5.41, 5.74) is 0.292. The summed E-state index contributed by atoms with van der Waals surface area (Å²) in [4.78, 5) is 22.3. The van der Waals surface area contributed by atoms with Gasteiger partial charge in [-0.3, -0.25) is 10.1 Å². The predicted molar refractivity (Wildman–Crippen MR) is 74.0 cm³/mol. The number of carbonyl (C=O) groups is 1. The molecule has 2 aromatic carbocycles. The molecule has 1 N–H and O–H groups in total. The summed E-state index contributed by atoms with van der Waals surface area (Å²) in [5.74, 6) is -0.250. The number of hydrogen-bond donors (Lipinski definition) is 1. The Morgan fingerprint density at radius 2 is 1.90 bits per heavy atom. The van der Waals surface area contributed by atoms with Crippen molar-refractivity contribution in [3.05, 3.63) is 64.2 Å². The van der Waals surface area contributed by atoms with Crippen molar-refractivity contribution in [1.29, 1.82) is 0 Å². The summed E-state index contributed by atoms with van der Waals surface area (Å²) >= 11 is 0. The zero-order valence-electron chi connectivity index (χ0n) is 10.7. The Morgan fingerprint density at radius 3 is 2.50 bits per heavy atom. The summed E-state index contributed by atoms with van der Waals surface area (Å²) in [7, 11) is 1.57. The molecule has 0 atom stereocenters. The highest BCUT2D eigenvalue weighted by atomic mass is 16.6. The van der Waals surface area contributed by atoms with Crippen molar-refractivity contribution in [2.24, 2.45) is 0 Å². The van der Waals surface area contributed by atoms with E-state index in [4.69, 9.17) is 4.74 Å². The van der Waals surface area contributed by atoms with E-state index in [1.807, 2.05) is 0 Å². The number of anilines is 1. The maximum atomic E-state index is 11.9. The maximum absolute atomic E-state index is 11.9. The quantitative estimate of drug-likeness (QED) is 0.400. The van der Waals surface area contributed by atoms with E-state index in [2.05, 4.69) is 5.32 Å². The molecular formula is C14H12N2O4. The number of esters is 1. The van der Waals surface area contributed by atoms with Crippen LogP contribution in [0.4, 0.5) is 11.4 Å². The Morgan fingerprint density at radius 1 is 1.20 bits per heavy atom. The highest BCUT2D eigenvalue weighted by Crippen LogP contribution is 2.25. The molecular weight excluding hydrogens is 260 g/mol. The van der Waals surface area contributed by atoms with Crippen LogP contribution in [0.15, 0.2) is 48.5 Å². The first-order valence-electron chi connectivity index (χ1n) is 5.85. The van der Waals surface area contributed by atoms with Gasteiger partial charge in [-0.2, -0.15) is 0 Å². The SMILES string of the molecule is CNc1ccc(C(=O)Oc2ccccc2)cc1[N+](=O)[O-]. The largest absolute Gasteiger partial charge is 0.423 e. The number of nitro groups is 1. The van der Waals surface area contributed by atoms with Gasteiger partial charge in [-0.15, -0.1) is 0 Å². The number of hydrogen-bond acceptors (Lipinski definition) is 5. The predicted octanol–water partition coefficient (Wildman–Crippen LogP) is 2.86. The monoisotopic (exact) mass is 272 g/mol. The molecule has 2 aromatic rings. The van der Waals surface area contributed by atoms with Gasteiger partial charge in [0.2, 0.25) is 0 Å². The molecule has 6 heteroatoms. The minimum Gasteiger partial charge on any atom is -0.423 e. The van der Waals surface area contributed by atoms with Gasteiger partial charge >= 0.3 is 5.97 Å². The van der Waals surface area contributed by atoms with Crippen molar-refractivity contribution in [2.75, 3.05) is 12.4 Å². The van der Waals surface area contributed by atoms with Crippen molar-refractivity contribution in [2.45, 2.75) is 0 Å². The van der Waals surface area contributed by atoms with Crippen LogP contribution in [0.3, 0.4) is 0 Å². The van der Waals surface area contributed by atoms with Gasteiger partial charge in [0.05, 0.1) is 10.5 Å². The normalized spacial score (nSPS) is 9.85. The van der Waals surface area contributed by atoms with Crippen LogP contribution in [0.2, 0.25) is 0 Å². The minimum atomic E-state index is -0.637. The molecule has 20 heavy (non-hydrogen) atoms. The van der Waals surface area contributed by atoms with Crippen molar-refractivity contribution < 1.29 is 14.5 Å². The van der Waals surface area contributed by atoms with E-state index in [0.29, 0.717) is 11.4 Å². The van der Waals surface area contributed by atoms with E-state index in [9.17, 15) is 14.9 Å². The average Bonchev–Trinajstić information content (AvgIpc) is 2.47. The average molecular weight is 272 g/mol. The fourth-order valence-electron chi connectivity index (χ4n) is 1.68. The van der Waals surface area contributed by atoms with Crippen LogP contribution in [0.25, 0.3) is 0 Å². The van der Waals surface area contributed by atoms with Crippen molar-refractivity contribution >= 4 is 17.3 Å². The number of nitro benzene ring substituents is 1. The van der Waals surface area contributed by atoms with E-state index < -0.39 is 10.9 Å². The molecule has 0 radical (unpaired) electrons. The first kappa shape index (κ1) is 13.5. The smallest absolute Gasteiger partial charge is 0.343 e. The number of benzene rings is 2. The van der Waals surface area contributed by atoms with Crippen LogP contribution < -0.4 is 10.1 Å². The first-order chi connectivity index (χ1) is 9.61. The molecule has 0 saturated heterocycles. The third-order valence-corrected chi connectivity index (χ3v) is 2.65. The van der Waals surface area contributed by atoms with Gasteiger partial charge < -0.3 is 10.1 Å². The van der Waals surface area contributed by atoms with Gasteiger partial charge in [0.1, 0.15) is 11.4 Å². The second kappa shape index (κ2) is 5.83. The molecule has 0 unspecified atom stereocenters. The summed E-state index contributed by atoms with van der Waals surface area (Å²) in [6.07, 6.45) is 0. The second-order valence-corrected chi connectivity index (χ2v) is 3.94. The molecule has 0 aliphatic rings. The van der Waals surface area contributed by atoms with Crippen LogP contribution in [0, 0.1) is 10.1 Å². The van der Waals surface area contributed by atoms with E-state index in [-0.39, 0.29) is 11.3 Å². The van der Waals surface area contributed by atoms with E-state index in [0.717, 1.165) is 0 Å². The van der Waals surface area contributed by atoms with Crippen LogP contribution in [-0.2, 0) is 0 Å². The Labute approximate surface area is 115 Å². The Hall–Kier alpha value is -2.89. The van der Waals surface area contributed by atoms with E-state index >= 15 is 0 Å². The lowest BCUT2D eigenvalue weighted by Crippen LogP contribution is -2.09. The first-order valence-corrected chi connectivity index (χ1v) is 5.85. The number of rotatable bonds is 4. The Balaban J connectivity index is 2.27. The van der Waals surface area contributed by atoms with Crippen LogP contribution >= 0.6 is 0 Å². The van der Waals surface area contributed by atoms with Gasteiger partial charge in [0.15, 0.2) is 0 Å². The lowest BCUT2D eigenvalue weighted by Gasteiger charge is -2.06. The summed E-state index contributed by atoms with van der Waals surface area (Å²) in [6.45, 7) is 0. The van der Waals surface area contributed by atoms with Crippen LogP contribution in [0.5, 0.6) is 5.75 Å². The molecule has 0 aliphatic carbocycles. The molecule has 0 aliphatic heterocycles. The molecule has 102 valence electrons. The molecule has 0 spiro atoms. The number of carbonyl (C=O) groups excluding carboxylic acids is 1. The van der Waals surface area contributed by atoms with Gasteiger partial charge in [0, 0.05) is 13.1 Å². The van der Waals surface area contributed by atoms with Crippen molar-refractivity contribution in [1.82, 2.24) is 0 Å². The van der Waals surface area contributed by atoms with E-state index in [1.165, 1.54) is 18.2 Å². The van der Waals surface area contributed by atoms with Crippen molar-refractivity contribution in [3.63, 3.8) is 0 Å². The van der Waals surface area contributed by atoms with Gasteiger partial charge in [-0.25, -0.2) is 4.79 Å². The summed E-state index contributed by atoms with van der Waals surface area (Å²) in [6, 6.07) is 12.7. The number of nitrogens with one attached hydrogen (secondary N) is 1. The topological polar surface area (TPSA) is 81.5 Å². The molecule has 0 bridgehead atoms. The second-order valence-electron chi connectivity index (χ2n) is 3.94. The van der Waals surface area contributed by atoms with Crippen molar-refractivity contribution in [3.8, 4) is 5.75 Å². The molecule has 6 nitrogen and oxygen atoms in total. The number of ether oxygens (including phenoxy) is 1. The third-order valence-electron chi connectivity index (χ3n) is 2.65. The lowest BCUT2D eigenvalue weighted by atomic mass is 10.1. The number of para-hydroxylation sites is 1. The molecule has 2 rings (SSSR count). The zero-order chi connectivity index (χ0) is 14.5. The van der Waals surface area contributed by atoms with Gasteiger partial charge in [-0.1, -0.05) is 18.2 Å². The highest BCUT2D eigenvalue weighted by Gasteiger charge is 2.17. The molecule has 0 amide bonds. The standard InChI is InChI=1S/C14H12N2O4/c1-15-12-8-7-10(9-13(12)16(18)19)14(17)20-11-5-3-2-4-6-11/h2-9,15H,1H3. The molecule has 0 fully saturated rings. The number of nitrogens with zero attached hydrogens (tertiary/aromatic N) is 1. The maximum Gasteiger partial charge on any atom is 0.343 e.